The van der Waals surface area contributed by atoms with Gasteiger partial charge in [0.25, 0.3) is 0 Å². The van der Waals surface area contributed by atoms with Crippen molar-refractivity contribution in [1.29, 1.82) is 0 Å². The van der Waals surface area contributed by atoms with E-state index in [-0.39, 0.29) is 0 Å². The second-order valence-electron chi connectivity index (χ2n) is 3.96. The Bertz CT molecular complexity index is 305. The van der Waals surface area contributed by atoms with E-state index in [1.807, 2.05) is 6.20 Å². The van der Waals surface area contributed by atoms with Gasteiger partial charge in [0.05, 0.1) is 0 Å². The minimum absolute atomic E-state index is 0.583. The molecule has 13 heavy (non-hydrogen) atoms. The molecular formula is C11H16N2. The fourth-order valence-corrected chi connectivity index (χ4v) is 1.68. The SMILES string of the molecule is CC(C)c1cnc2c(c1)CCCN2. The molecule has 0 atom stereocenters. The fraction of sp³-hybridized carbons (Fsp3) is 0.545. The van der Waals surface area contributed by atoms with Gasteiger partial charge in [0.1, 0.15) is 5.82 Å². The van der Waals surface area contributed by atoms with Crippen LogP contribution >= 0.6 is 0 Å². The maximum Gasteiger partial charge on any atom is 0.129 e. The first-order valence-electron chi connectivity index (χ1n) is 5.00. The number of nitrogens with zero attached hydrogens (tertiary/aromatic N) is 1. The lowest BCUT2D eigenvalue weighted by molar-refractivity contribution is 0.798. The van der Waals surface area contributed by atoms with Gasteiger partial charge in [-0.05, 0) is 29.9 Å². The van der Waals surface area contributed by atoms with Crippen molar-refractivity contribution in [2.75, 3.05) is 11.9 Å². The molecule has 1 aliphatic rings. The molecular weight excluding hydrogens is 160 g/mol. The summed E-state index contributed by atoms with van der Waals surface area (Å²) >= 11 is 0. The number of hydrogen-bond donors (Lipinski definition) is 1. The molecule has 0 saturated heterocycles. The van der Waals surface area contributed by atoms with E-state index in [0.717, 1.165) is 12.4 Å². The van der Waals surface area contributed by atoms with Crippen LogP contribution in [-0.2, 0) is 6.42 Å². The molecule has 0 spiro atoms. The zero-order chi connectivity index (χ0) is 9.26. The fourth-order valence-electron chi connectivity index (χ4n) is 1.68. The van der Waals surface area contributed by atoms with Gasteiger partial charge in [0.2, 0.25) is 0 Å². The van der Waals surface area contributed by atoms with Crippen LogP contribution in [0.4, 0.5) is 5.82 Å². The topological polar surface area (TPSA) is 24.9 Å². The number of nitrogens with one attached hydrogen (secondary N) is 1. The standard InChI is InChI=1S/C11H16N2/c1-8(2)10-6-9-4-3-5-12-11(9)13-7-10/h6-8H,3-5H2,1-2H3,(H,12,13). The van der Waals surface area contributed by atoms with Gasteiger partial charge in [-0.2, -0.15) is 0 Å². The Kier molecular flexibility index (Phi) is 2.21. The molecule has 0 saturated carbocycles. The number of fused-ring (bicyclic) bond motifs is 1. The van der Waals surface area contributed by atoms with Crippen LogP contribution in [0.5, 0.6) is 0 Å². The first kappa shape index (κ1) is 8.54. The third-order valence-corrected chi connectivity index (χ3v) is 2.57. The van der Waals surface area contributed by atoms with Gasteiger partial charge in [-0.25, -0.2) is 4.98 Å². The summed E-state index contributed by atoms with van der Waals surface area (Å²) in [6.07, 6.45) is 4.40. The van der Waals surface area contributed by atoms with Crippen LogP contribution in [0.1, 0.15) is 37.3 Å². The predicted octanol–water partition coefficient (Wildman–Crippen LogP) is 2.56. The van der Waals surface area contributed by atoms with E-state index >= 15 is 0 Å². The van der Waals surface area contributed by atoms with Crippen molar-refractivity contribution in [3.05, 3.63) is 23.4 Å². The number of hydrogen-bond acceptors (Lipinski definition) is 2. The average Bonchev–Trinajstić information content (AvgIpc) is 2.17. The molecule has 1 aromatic rings. The van der Waals surface area contributed by atoms with Gasteiger partial charge >= 0.3 is 0 Å². The van der Waals surface area contributed by atoms with Crippen molar-refractivity contribution < 1.29 is 0 Å². The number of rotatable bonds is 1. The Morgan fingerprint density at radius 3 is 3.08 bits per heavy atom. The summed E-state index contributed by atoms with van der Waals surface area (Å²) in [6.45, 7) is 5.49. The summed E-state index contributed by atoms with van der Waals surface area (Å²) in [7, 11) is 0. The van der Waals surface area contributed by atoms with E-state index in [4.69, 9.17) is 0 Å². The number of anilines is 1. The van der Waals surface area contributed by atoms with Crippen molar-refractivity contribution in [3.63, 3.8) is 0 Å². The van der Waals surface area contributed by atoms with Crippen LogP contribution in [0, 0.1) is 0 Å². The van der Waals surface area contributed by atoms with Gasteiger partial charge in [-0.3, -0.25) is 0 Å². The summed E-state index contributed by atoms with van der Waals surface area (Å²) in [5.74, 6) is 1.68. The molecule has 1 aliphatic heterocycles. The molecule has 0 aliphatic carbocycles. The van der Waals surface area contributed by atoms with Gasteiger partial charge in [-0.1, -0.05) is 19.9 Å². The summed E-state index contributed by atoms with van der Waals surface area (Å²) in [5, 5.41) is 3.32. The molecule has 0 unspecified atom stereocenters. The quantitative estimate of drug-likeness (QED) is 0.711. The third-order valence-electron chi connectivity index (χ3n) is 2.57. The monoisotopic (exact) mass is 176 g/mol. The maximum absolute atomic E-state index is 4.43. The van der Waals surface area contributed by atoms with E-state index in [2.05, 4.69) is 30.2 Å². The maximum atomic E-state index is 4.43. The molecule has 0 aromatic carbocycles. The average molecular weight is 176 g/mol. The van der Waals surface area contributed by atoms with Crippen LogP contribution < -0.4 is 5.32 Å². The van der Waals surface area contributed by atoms with Crippen molar-refractivity contribution in [2.45, 2.75) is 32.6 Å². The van der Waals surface area contributed by atoms with Crippen molar-refractivity contribution in [1.82, 2.24) is 4.98 Å². The molecule has 1 aromatic heterocycles. The Morgan fingerprint density at radius 1 is 1.46 bits per heavy atom. The second-order valence-corrected chi connectivity index (χ2v) is 3.96. The zero-order valence-electron chi connectivity index (χ0n) is 8.30. The van der Waals surface area contributed by atoms with Gasteiger partial charge in [0.15, 0.2) is 0 Å². The van der Waals surface area contributed by atoms with Crippen LogP contribution in [0.15, 0.2) is 12.3 Å². The zero-order valence-corrected chi connectivity index (χ0v) is 8.30. The molecule has 70 valence electrons. The predicted molar refractivity (Wildman–Crippen MR) is 55.1 cm³/mol. The number of aryl methyl sites for hydroxylation is 1. The summed E-state index contributed by atoms with van der Waals surface area (Å²) < 4.78 is 0. The highest BCUT2D eigenvalue weighted by Crippen LogP contribution is 2.23. The highest BCUT2D eigenvalue weighted by atomic mass is 15.0. The normalized spacial score (nSPS) is 15.3. The smallest absolute Gasteiger partial charge is 0.129 e. The highest BCUT2D eigenvalue weighted by molar-refractivity contribution is 5.47. The van der Waals surface area contributed by atoms with Crippen LogP contribution in [-0.4, -0.2) is 11.5 Å². The Labute approximate surface area is 79.4 Å². The lowest BCUT2D eigenvalue weighted by atomic mass is 10.00. The van der Waals surface area contributed by atoms with Gasteiger partial charge in [0, 0.05) is 12.7 Å². The van der Waals surface area contributed by atoms with E-state index in [1.54, 1.807) is 0 Å². The van der Waals surface area contributed by atoms with Crippen LogP contribution in [0.3, 0.4) is 0 Å². The van der Waals surface area contributed by atoms with Gasteiger partial charge in [-0.15, -0.1) is 0 Å². The Hall–Kier alpha value is -1.05. The summed E-state index contributed by atoms with van der Waals surface area (Å²) in [6, 6.07) is 2.29. The second kappa shape index (κ2) is 3.36. The van der Waals surface area contributed by atoms with Crippen molar-refractivity contribution >= 4 is 5.82 Å². The summed E-state index contributed by atoms with van der Waals surface area (Å²) in [4.78, 5) is 4.43. The lowest BCUT2D eigenvalue weighted by Crippen LogP contribution is -2.13. The number of pyridine rings is 1. The molecule has 2 heteroatoms. The van der Waals surface area contributed by atoms with E-state index < -0.39 is 0 Å². The molecule has 0 amide bonds. The largest absolute Gasteiger partial charge is 0.370 e. The lowest BCUT2D eigenvalue weighted by Gasteiger charge is -2.18. The Balaban J connectivity index is 2.35. The molecule has 2 nitrogen and oxygen atoms in total. The van der Waals surface area contributed by atoms with E-state index in [9.17, 15) is 0 Å². The molecule has 0 bridgehead atoms. The van der Waals surface area contributed by atoms with Crippen LogP contribution in [0.25, 0.3) is 0 Å². The minimum atomic E-state index is 0.583. The van der Waals surface area contributed by atoms with E-state index in [1.165, 1.54) is 24.0 Å². The molecule has 2 heterocycles. The third kappa shape index (κ3) is 1.67. The van der Waals surface area contributed by atoms with Crippen molar-refractivity contribution in [2.24, 2.45) is 0 Å². The molecule has 0 fully saturated rings. The molecule has 1 N–H and O–H groups in total. The van der Waals surface area contributed by atoms with E-state index in [0.29, 0.717) is 5.92 Å². The highest BCUT2D eigenvalue weighted by Gasteiger charge is 2.10. The first-order valence-corrected chi connectivity index (χ1v) is 5.00. The molecule has 0 radical (unpaired) electrons. The first-order chi connectivity index (χ1) is 6.27. The Morgan fingerprint density at radius 2 is 2.31 bits per heavy atom. The minimum Gasteiger partial charge on any atom is -0.370 e. The number of aromatic nitrogens is 1. The van der Waals surface area contributed by atoms with Crippen molar-refractivity contribution in [3.8, 4) is 0 Å². The summed E-state index contributed by atoms with van der Waals surface area (Å²) in [5.41, 5.74) is 2.74. The van der Waals surface area contributed by atoms with Gasteiger partial charge < -0.3 is 5.32 Å². The molecule has 2 rings (SSSR count). The van der Waals surface area contributed by atoms with Crippen LogP contribution in [0.2, 0.25) is 0 Å².